The Balaban J connectivity index is 1.37. The summed E-state index contributed by atoms with van der Waals surface area (Å²) >= 11 is 0. The Morgan fingerprint density at radius 1 is 0.925 bits per heavy atom. The van der Waals surface area contributed by atoms with Crippen LogP contribution in [0.4, 0.5) is 0 Å². The van der Waals surface area contributed by atoms with Crippen molar-refractivity contribution in [3.8, 4) is 5.75 Å². The first-order valence-electron chi connectivity index (χ1n) is 19.9. The van der Waals surface area contributed by atoms with Gasteiger partial charge in [0.15, 0.2) is 12.1 Å². The van der Waals surface area contributed by atoms with Gasteiger partial charge in [0, 0.05) is 44.6 Å². The molecular weight excluding hydrogens is 676 g/mol. The Kier molecular flexibility index (Phi) is 12.9. The molecule has 1 aliphatic carbocycles. The highest BCUT2D eigenvalue weighted by Crippen LogP contribution is 2.47. The van der Waals surface area contributed by atoms with Gasteiger partial charge in [0.25, 0.3) is 0 Å². The number of hydrogen-bond acceptors (Lipinski definition) is 10. The Morgan fingerprint density at radius 2 is 1.68 bits per heavy atom. The number of fused-ring (bicyclic) bond motifs is 3. The van der Waals surface area contributed by atoms with E-state index in [-0.39, 0.29) is 35.9 Å². The van der Waals surface area contributed by atoms with E-state index in [2.05, 4.69) is 26.0 Å². The van der Waals surface area contributed by atoms with Gasteiger partial charge in [0.05, 0.1) is 42.2 Å². The van der Waals surface area contributed by atoms with Crippen LogP contribution in [0.3, 0.4) is 0 Å². The van der Waals surface area contributed by atoms with E-state index < -0.39 is 48.6 Å². The molecule has 4 aliphatic heterocycles. The molecule has 6 rings (SSSR count). The summed E-state index contributed by atoms with van der Waals surface area (Å²) in [5, 5.41) is 32.8. The van der Waals surface area contributed by atoms with Crippen molar-refractivity contribution in [3.63, 3.8) is 0 Å². The molecule has 2 bridgehead atoms. The molecule has 3 N–H and O–H groups in total. The van der Waals surface area contributed by atoms with E-state index in [0.29, 0.717) is 54.7 Å². The summed E-state index contributed by atoms with van der Waals surface area (Å²) in [5.41, 5.74) is 3.34. The van der Waals surface area contributed by atoms with Crippen LogP contribution in [-0.2, 0) is 28.4 Å². The summed E-state index contributed by atoms with van der Waals surface area (Å²) in [6.07, 6.45) is 11.5. The molecule has 0 radical (unpaired) electrons. The monoisotopic (exact) mass is 738 g/mol. The van der Waals surface area contributed by atoms with Crippen LogP contribution < -0.4 is 0 Å². The maximum atomic E-state index is 14.1. The third-order valence-corrected chi connectivity index (χ3v) is 12.5. The predicted octanol–water partition coefficient (Wildman–Crippen LogP) is 7.31. The lowest BCUT2D eigenvalue weighted by Crippen LogP contribution is -2.59. The molecule has 10 nitrogen and oxygen atoms in total. The normalized spacial score (nSPS) is 41.8. The molecule has 10 heteroatoms. The molecule has 0 amide bonds. The van der Waals surface area contributed by atoms with Crippen LogP contribution in [0.5, 0.6) is 5.75 Å². The van der Waals surface area contributed by atoms with Gasteiger partial charge in [-0.15, -0.1) is 0 Å². The fourth-order valence-electron chi connectivity index (χ4n) is 9.23. The summed E-state index contributed by atoms with van der Waals surface area (Å²) in [6.45, 7) is 11.7. The van der Waals surface area contributed by atoms with Crippen molar-refractivity contribution < 1.29 is 48.5 Å². The second kappa shape index (κ2) is 17.1. The number of phenolic OH excluding ortho intramolecular Hbond substituents is 1. The van der Waals surface area contributed by atoms with Gasteiger partial charge in [-0.2, -0.15) is 0 Å². The first-order chi connectivity index (χ1) is 25.3. The van der Waals surface area contributed by atoms with Crippen LogP contribution >= 0.6 is 0 Å². The SMILES string of the molecule is CO[C@H]1C[C@H](O[C@@H]2/C(C)=C/C[C@@H]3C[C@@H](C[C@]4(C[C@H](O)[C@H](C)[C@@H](C5CCCCC5)O4)O3)OC(=O)c3cc(C)c(O)cc3/C(C)=C/C=C/[C@@H]2C)O[C@@H](C)[C@@H]1O. The van der Waals surface area contributed by atoms with Crippen molar-refractivity contribution >= 4 is 11.5 Å². The Labute approximate surface area is 315 Å². The van der Waals surface area contributed by atoms with Gasteiger partial charge in [-0.3, -0.25) is 0 Å². The number of methoxy groups -OCH3 is 1. The zero-order valence-corrected chi connectivity index (χ0v) is 32.7. The molecule has 1 spiro atoms. The second-order valence-corrected chi connectivity index (χ2v) is 16.5. The smallest absolute Gasteiger partial charge is 0.339 e. The minimum atomic E-state index is -1.10. The average molecular weight is 739 g/mol. The maximum Gasteiger partial charge on any atom is 0.339 e. The third-order valence-electron chi connectivity index (χ3n) is 12.5. The third kappa shape index (κ3) is 9.12. The van der Waals surface area contributed by atoms with Crippen molar-refractivity contribution in [3.05, 3.63) is 58.7 Å². The van der Waals surface area contributed by atoms with Crippen molar-refractivity contribution in [2.24, 2.45) is 17.8 Å². The molecule has 1 aromatic rings. The molecule has 3 saturated heterocycles. The van der Waals surface area contributed by atoms with Crippen LogP contribution in [0.25, 0.3) is 5.57 Å². The summed E-state index contributed by atoms with van der Waals surface area (Å²) < 4.78 is 38.7. The van der Waals surface area contributed by atoms with Gasteiger partial charge in [-0.25, -0.2) is 4.79 Å². The van der Waals surface area contributed by atoms with E-state index >= 15 is 0 Å². The van der Waals surface area contributed by atoms with Crippen molar-refractivity contribution in [1.29, 1.82) is 0 Å². The lowest BCUT2D eigenvalue weighted by molar-refractivity contribution is -0.354. The lowest BCUT2D eigenvalue weighted by atomic mass is 9.75. The summed E-state index contributed by atoms with van der Waals surface area (Å²) in [7, 11) is 1.59. The number of aryl methyl sites for hydroxylation is 1. The molecule has 1 aromatic carbocycles. The standard InChI is InChI=1S/C43H62O10/c1-24-12-11-13-25(2)40(51-38-21-37(48-7)39(46)29(6)49-38)26(3)16-17-31-19-32(50-42(47)34-18-27(4)35(44)20-33(24)34)22-43(52-31)23-36(45)28(5)41(53-43)30-14-9-8-10-15-30/h11-13,16,18,20,25,28-32,36-41,44-46H,8-10,14-15,17,19,21-23H2,1-7H3/b13-11+,24-12+,26-16+/t25-,28-,29-,31+,32-,36-,37-,38-,39-,40-,41-,43-/m0/s1. The number of aliphatic hydroxyl groups is 2. The van der Waals surface area contributed by atoms with Crippen LogP contribution in [0, 0.1) is 24.7 Å². The minimum Gasteiger partial charge on any atom is -0.508 e. The van der Waals surface area contributed by atoms with Gasteiger partial charge in [-0.05, 0) is 87.3 Å². The zero-order valence-electron chi connectivity index (χ0n) is 32.7. The number of phenols is 1. The second-order valence-electron chi connectivity index (χ2n) is 16.5. The molecule has 4 fully saturated rings. The van der Waals surface area contributed by atoms with Crippen molar-refractivity contribution in [1.82, 2.24) is 0 Å². The van der Waals surface area contributed by atoms with E-state index in [1.54, 1.807) is 26.2 Å². The number of carbonyl (C=O) groups excluding carboxylic acids is 1. The predicted molar refractivity (Wildman–Crippen MR) is 201 cm³/mol. The van der Waals surface area contributed by atoms with Gasteiger partial charge < -0.3 is 43.7 Å². The van der Waals surface area contributed by atoms with Crippen LogP contribution in [0.1, 0.15) is 120 Å². The van der Waals surface area contributed by atoms with Crippen LogP contribution in [0.2, 0.25) is 0 Å². The van der Waals surface area contributed by atoms with E-state index in [9.17, 15) is 20.1 Å². The molecule has 0 unspecified atom stereocenters. The van der Waals surface area contributed by atoms with E-state index in [4.69, 9.17) is 28.4 Å². The number of aromatic hydroxyl groups is 1. The number of benzene rings is 1. The fraction of sp³-hybridized carbons (Fsp3) is 0.698. The number of esters is 1. The molecule has 1 saturated carbocycles. The fourth-order valence-corrected chi connectivity index (χ4v) is 9.23. The van der Waals surface area contributed by atoms with Gasteiger partial charge in [0.1, 0.15) is 18.0 Å². The van der Waals surface area contributed by atoms with E-state index in [1.807, 2.05) is 32.9 Å². The largest absolute Gasteiger partial charge is 0.508 e. The van der Waals surface area contributed by atoms with Crippen molar-refractivity contribution in [2.45, 2.75) is 167 Å². The zero-order chi connectivity index (χ0) is 38.0. The molecule has 5 aliphatic rings. The molecule has 4 heterocycles. The Bertz CT molecular complexity index is 1530. The van der Waals surface area contributed by atoms with E-state index in [0.717, 1.165) is 36.8 Å². The number of ether oxygens (including phenoxy) is 6. The first-order valence-corrected chi connectivity index (χ1v) is 19.9. The van der Waals surface area contributed by atoms with Gasteiger partial charge >= 0.3 is 5.97 Å². The summed E-state index contributed by atoms with van der Waals surface area (Å²) in [6, 6.07) is 3.32. The van der Waals surface area contributed by atoms with Gasteiger partial charge in [0.2, 0.25) is 0 Å². The number of allylic oxidation sites excluding steroid dienone is 3. The molecule has 0 aromatic heterocycles. The highest BCUT2D eigenvalue weighted by atomic mass is 16.7. The highest BCUT2D eigenvalue weighted by Gasteiger charge is 2.53. The lowest BCUT2D eigenvalue weighted by Gasteiger charge is -2.53. The summed E-state index contributed by atoms with van der Waals surface area (Å²) in [4.78, 5) is 14.1. The maximum absolute atomic E-state index is 14.1. The van der Waals surface area contributed by atoms with Crippen molar-refractivity contribution in [2.75, 3.05) is 7.11 Å². The number of rotatable bonds is 4. The molecule has 294 valence electrons. The minimum absolute atomic E-state index is 0.0327. The summed E-state index contributed by atoms with van der Waals surface area (Å²) in [5.74, 6) is -1.25. The molecule has 53 heavy (non-hydrogen) atoms. The molecule has 12 atom stereocenters. The van der Waals surface area contributed by atoms with Crippen LogP contribution in [0.15, 0.2) is 42.0 Å². The van der Waals surface area contributed by atoms with Crippen LogP contribution in [-0.4, -0.2) is 89.3 Å². The number of aliphatic hydroxyl groups excluding tert-OH is 2. The van der Waals surface area contributed by atoms with E-state index in [1.165, 1.54) is 6.42 Å². The number of hydrogen-bond donors (Lipinski definition) is 3. The Morgan fingerprint density at radius 3 is 2.42 bits per heavy atom. The Hall–Kier alpha value is -2.57. The quantitative estimate of drug-likeness (QED) is 0.213. The highest BCUT2D eigenvalue weighted by molar-refractivity contribution is 5.96. The first kappa shape index (κ1) is 40.1. The average Bonchev–Trinajstić information content (AvgIpc) is 3.13. The topological polar surface area (TPSA) is 133 Å². The molecular formula is C43H62O10. The number of carbonyl (C=O) groups is 1. The van der Waals surface area contributed by atoms with Gasteiger partial charge in [-0.1, -0.05) is 57.4 Å².